The van der Waals surface area contributed by atoms with Crippen LogP contribution in [0, 0.1) is 17.6 Å². The molecule has 1 saturated heterocycles. The maximum absolute atomic E-state index is 13.5. The van der Waals surface area contributed by atoms with Gasteiger partial charge in [-0.2, -0.15) is 0 Å². The molecule has 2 rings (SSSR count). The van der Waals surface area contributed by atoms with Crippen molar-refractivity contribution in [3.8, 4) is 0 Å². The summed E-state index contributed by atoms with van der Waals surface area (Å²) in [5, 5.41) is 5.19. The maximum Gasteiger partial charge on any atom is 0.319 e. The molecule has 2 N–H and O–H groups in total. The van der Waals surface area contributed by atoms with Crippen molar-refractivity contribution in [3.63, 3.8) is 0 Å². The minimum atomic E-state index is -0.663. The lowest BCUT2D eigenvalue weighted by Gasteiger charge is -2.34. The molecular weight excluding hydrogens is 302 g/mol. The number of benzene rings is 1. The van der Waals surface area contributed by atoms with Crippen LogP contribution in [0.2, 0.25) is 0 Å². The van der Waals surface area contributed by atoms with Crippen LogP contribution in [0.5, 0.6) is 0 Å². The average molecular weight is 326 g/mol. The Hall–Kier alpha value is -1.69. The van der Waals surface area contributed by atoms with E-state index in [-0.39, 0.29) is 17.8 Å². The van der Waals surface area contributed by atoms with Crippen LogP contribution < -0.4 is 10.6 Å². The molecule has 1 aromatic carbocycles. The van der Waals surface area contributed by atoms with Crippen molar-refractivity contribution < 1.29 is 18.3 Å². The lowest BCUT2D eigenvalue weighted by Crippen LogP contribution is -2.45. The second-order valence-electron chi connectivity index (χ2n) is 5.93. The Morgan fingerprint density at radius 1 is 1.35 bits per heavy atom. The Bertz CT molecular complexity index is 535. The molecule has 1 heterocycles. The fourth-order valence-corrected chi connectivity index (χ4v) is 3.04. The van der Waals surface area contributed by atoms with E-state index in [1.54, 1.807) is 0 Å². The molecule has 128 valence electrons. The topological polar surface area (TPSA) is 50.4 Å². The van der Waals surface area contributed by atoms with Crippen molar-refractivity contribution in [2.24, 2.45) is 5.92 Å². The molecule has 0 aliphatic carbocycles. The molecule has 0 saturated carbocycles. The highest BCUT2D eigenvalue weighted by Gasteiger charge is 2.28. The number of halogens is 2. The fraction of sp³-hybridized carbons (Fsp3) is 0.588. The van der Waals surface area contributed by atoms with E-state index in [2.05, 4.69) is 24.5 Å². The molecule has 2 amide bonds. The van der Waals surface area contributed by atoms with E-state index < -0.39 is 17.7 Å². The molecule has 1 aliphatic heterocycles. The van der Waals surface area contributed by atoms with Gasteiger partial charge in [0.1, 0.15) is 11.6 Å². The molecule has 4 nitrogen and oxygen atoms in total. The third-order valence-electron chi connectivity index (χ3n) is 4.40. The van der Waals surface area contributed by atoms with E-state index in [0.717, 1.165) is 43.9 Å². The number of urea groups is 1. The minimum absolute atomic E-state index is 0.0222. The first kappa shape index (κ1) is 17.7. The maximum atomic E-state index is 13.5. The summed E-state index contributed by atoms with van der Waals surface area (Å²) in [4.78, 5) is 12.0. The van der Waals surface area contributed by atoms with Gasteiger partial charge < -0.3 is 15.4 Å². The van der Waals surface area contributed by atoms with E-state index in [4.69, 9.17) is 4.74 Å². The van der Waals surface area contributed by atoms with E-state index in [1.165, 1.54) is 0 Å². The Morgan fingerprint density at radius 3 is 2.78 bits per heavy atom. The van der Waals surface area contributed by atoms with E-state index in [9.17, 15) is 13.6 Å². The van der Waals surface area contributed by atoms with Gasteiger partial charge >= 0.3 is 6.03 Å². The Kier molecular flexibility index (Phi) is 6.33. The number of anilines is 1. The van der Waals surface area contributed by atoms with Crippen molar-refractivity contribution in [1.82, 2.24) is 5.32 Å². The van der Waals surface area contributed by atoms with Gasteiger partial charge in [0.2, 0.25) is 0 Å². The van der Waals surface area contributed by atoms with Crippen LogP contribution >= 0.6 is 0 Å². The summed E-state index contributed by atoms with van der Waals surface area (Å²) >= 11 is 0. The Balaban J connectivity index is 1.90. The molecule has 23 heavy (non-hydrogen) atoms. The summed E-state index contributed by atoms with van der Waals surface area (Å²) in [5.41, 5.74) is -0.161. The lowest BCUT2D eigenvalue weighted by molar-refractivity contribution is -0.0329. The fourth-order valence-electron chi connectivity index (χ4n) is 3.04. The minimum Gasteiger partial charge on any atom is -0.378 e. The zero-order chi connectivity index (χ0) is 16.8. The number of amides is 2. The molecule has 0 bridgehead atoms. The number of rotatable bonds is 5. The van der Waals surface area contributed by atoms with Gasteiger partial charge in [-0.05, 0) is 30.9 Å². The summed E-state index contributed by atoms with van der Waals surface area (Å²) < 4.78 is 32.5. The Labute approximate surface area is 135 Å². The van der Waals surface area contributed by atoms with Gasteiger partial charge in [0.05, 0.1) is 11.8 Å². The predicted octanol–water partition coefficient (Wildman–Crippen LogP) is 4.07. The molecule has 2 atom stereocenters. The van der Waals surface area contributed by atoms with Gasteiger partial charge in [-0.25, -0.2) is 13.6 Å². The molecule has 6 heteroatoms. The number of hydrogen-bond donors (Lipinski definition) is 2. The first-order valence-electron chi connectivity index (χ1n) is 8.17. The second kappa shape index (κ2) is 8.24. The van der Waals surface area contributed by atoms with Gasteiger partial charge in [0, 0.05) is 18.7 Å². The first-order chi connectivity index (χ1) is 11.0. The van der Waals surface area contributed by atoms with Crippen molar-refractivity contribution in [2.45, 2.75) is 51.7 Å². The van der Waals surface area contributed by atoms with Crippen LogP contribution in [-0.2, 0) is 4.74 Å². The number of carbonyl (C=O) groups excluding carboxylic acids is 1. The van der Waals surface area contributed by atoms with Gasteiger partial charge in [-0.3, -0.25) is 0 Å². The SMILES string of the molecule is CCC(CC)[C@H]1C[C@@H](NC(=O)Nc2cc(F)ccc2F)CCO1. The molecular formula is C17H24F2N2O2. The largest absolute Gasteiger partial charge is 0.378 e. The summed E-state index contributed by atoms with van der Waals surface area (Å²) in [7, 11) is 0. The molecule has 0 spiro atoms. The Morgan fingerprint density at radius 2 is 2.09 bits per heavy atom. The van der Waals surface area contributed by atoms with Gasteiger partial charge in [-0.1, -0.05) is 26.7 Å². The number of carbonyl (C=O) groups is 1. The average Bonchev–Trinajstić information content (AvgIpc) is 2.52. The van der Waals surface area contributed by atoms with Crippen LogP contribution in [-0.4, -0.2) is 24.8 Å². The highest BCUT2D eigenvalue weighted by molar-refractivity contribution is 5.89. The molecule has 1 aliphatic rings. The van der Waals surface area contributed by atoms with E-state index in [0.29, 0.717) is 12.5 Å². The normalized spacial score (nSPS) is 21.3. The predicted molar refractivity (Wildman–Crippen MR) is 85.3 cm³/mol. The van der Waals surface area contributed by atoms with Gasteiger partial charge in [0.15, 0.2) is 0 Å². The quantitative estimate of drug-likeness (QED) is 0.857. The zero-order valence-corrected chi connectivity index (χ0v) is 13.6. The molecule has 0 unspecified atom stereocenters. The standard InChI is InChI=1S/C17H24F2N2O2/c1-3-11(4-2)16-10-13(7-8-23-16)20-17(22)21-15-9-12(18)5-6-14(15)19/h5-6,9,11,13,16H,3-4,7-8,10H2,1-2H3,(H2,20,21,22)/t13-,16+/m0/s1. The van der Waals surface area contributed by atoms with Gasteiger partial charge in [-0.15, -0.1) is 0 Å². The highest BCUT2D eigenvalue weighted by Crippen LogP contribution is 2.25. The van der Waals surface area contributed by atoms with Crippen molar-refractivity contribution in [3.05, 3.63) is 29.8 Å². The van der Waals surface area contributed by atoms with Crippen molar-refractivity contribution >= 4 is 11.7 Å². The molecule has 1 fully saturated rings. The summed E-state index contributed by atoms with van der Waals surface area (Å²) in [5.74, 6) is -0.784. The summed E-state index contributed by atoms with van der Waals surface area (Å²) in [6, 6.07) is 2.42. The smallest absolute Gasteiger partial charge is 0.319 e. The zero-order valence-electron chi connectivity index (χ0n) is 13.6. The number of nitrogens with one attached hydrogen (secondary N) is 2. The summed E-state index contributed by atoms with van der Waals surface area (Å²) in [6.07, 6.45) is 3.67. The van der Waals surface area contributed by atoms with Crippen molar-refractivity contribution in [1.29, 1.82) is 0 Å². The molecule has 1 aromatic rings. The van der Waals surface area contributed by atoms with E-state index in [1.807, 2.05) is 0 Å². The van der Waals surface area contributed by atoms with Crippen LogP contribution in [0.15, 0.2) is 18.2 Å². The lowest BCUT2D eigenvalue weighted by atomic mass is 9.89. The van der Waals surface area contributed by atoms with Crippen molar-refractivity contribution in [2.75, 3.05) is 11.9 Å². The van der Waals surface area contributed by atoms with Gasteiger partial charge in [0.25, 0.3) is 0 Å². The third kappa shape index (κ3) is 4.89. The highest BCUT2D eigenvalue weighted by atomic mass is 19.1. The molecule has 0 radical (unpaired) electrons. The van der Waals surface area contributed by atoms with Crippen LogP contribution in [0.1, 0.15) is 39.5 Å². The second-order valence-corrected chi connectivity index (χ2v) is 5.93. The third-order valence-corrected chi connectivity index (χ3v) is 4.40. The van der Waals surface area contributed by atoms with Crippen LogP contribution in [0.4, 0.5) is 19.3 Å². The van der Waals surface area contributed by atoms with Crippen LogP contribution in [0.25, 0.3) is 0 Å². The summed E-state index contributed by atoms with van der Waals surface area (Å²) in [6.45, 7) is 4.86. The monoisotopic (exact) mass is 326 g/mol. The first-order valence-corrected chi connectivity index (χ1v) is 8.17. The molecule has 0 aromatic heterocycles. The number of ether oxygens (including phenoxy) is 1. The van der Waals surface area contributed by atoms with Crippen LogP contribution in [0.3, 0.4) is 0 Å². The van der Waals surface area contributed by atoms with E-state index >= 15 is 0 Å². The number of hydrogen-bond acceptors (Lipinski definition) is 2.